The number of hydrogen-bond donors (Lipinski definition) is 2. The monoisotopic (exact) mass is 264 g/mol. The average Bonchev–Trinajstić information content (AvgIpc) is 2.47. The second-order valence-corrected chi connectivity index (χ2v) is 6.02. The SMILES string of the molecule is O=S(=O)(O)c1cc2cc(Cl)c(O)cc2s1. The van der Waals surface area contributed by atoms with E-state index in [-0.39, 0.29) is 15.0 Å². The van der Waals surface area contributed by atoms with Crippen molar-refractivity contribution in [3.8, 4) is 5.75 Å². The summed E-state index contributed by atoms with van der Waals surface area (Å²) in [5.41, 5.74) is 0. The van der Waals surface area contributed by atoms with Crippen LogP contribution in [0.4, 0.5) is 0 Å². The van der Waals surface area contributed by atoms with Gasteiger partial charge in [-0.3, -0.25) is 4.55 Å². The van der Waals surface area contributed by atoms with E-state index in [4.69, 9.17) is 16.2 Å². The molecule has 0 aliphatic carbocycles. The molecule has 0 bridgehead atoms. The van der Waals surface area contributed by atoms with E-state index in [1.54, 1.807) is 0 Å². The van der Waals surface area contributed by atoms with Crippen LogP contribution in [0.1, 0.15) is 0 Å². The van der Waals surface area contributed by atoms with Crippen LogP contribution in [-0.2, 0) is 10.1 Å². The molecule has 0 amide bonds. The van der Waals surface area contributed by atoms with Crippen molar-refractivity contribution in [3.05, 3.63) is 23.2 Å². The summed E-state index contributed by atoms with van der Waals surface area (Å²) in [4.78, 5) is 0. The van der Waals surface area contributed by atoms with E-state index >= 15 is 0 Å². The third-order valence-electron chi connectivity index (χ3n) is 1.82. The zero-order valence-corrected chi connectivity index (χ0v) is 9.53. The number of rotatable bonds is 1. The van der Waals surface area contributed by atoms with Crippen molar-refractivity contribution in [2.45, 2.75) is 4.21 Å². The van der Waals surface area contributed by atoms with Crippen molar-refractivity contribution in [1.82, 2.24) is 0 Å². The number of halogens is 1. The van der Waals surface area contributed by atoms with Crippen molar-refractivity contribution in [3.63, 3.8) is 0 Å². The molecular weight excluding hydrogens is 260 g/mol. The third-order valence-corrected chi connectivity index (χ3v) is 4.52. The van der Waals surface area contributed by atoms with Crippen LogP contribution in [0, 0.1) is 0 Å². The first-order chi connectivity index (χ1) is 6.88. The molecular formula is C8H5ClO4S2. The van der Waals surface area contributed by atoms with Crippen LogP contribution in [0.5, 0.6) is 5.75 Å². The lowest BCUT2D eigenvalue weighted by Gasteiger charge is -1.94. The predicted molar refractivity (Wildman–Crippen MR) is 58.3 cm³/mol. The largest absolute Gasteiger partial charge is 0.506 e. The maximum atomic E-state index is 10.8. The Morgan fingerprint density at radius 2 is 1.93 bits per heavy atom. The molecule has 2 N–H and O–H groups in total. The second kappa shape index (κ2) is 3.34. The lowest BCUT2D eigenvalue weighted by molar-refractivity contribution is 0.476. The summed E-state index contributed by atoms with van der Waals surface area (Å²) in [6.45, 7) is 0. The Morgan fingerprint density at radius 1 is 1.27 bits per heavy atom. The van der Waals surface area contributed by atoms with E-state index in [9.17, 15) is 13.5 Å². The van der Waals surface area contributed by atoms with Crippen LogP contribution >= 0.6 is 22.9 Å². The van der Waals surface area contributed by atoms with E-state index < -0.39 is 10.1 Å². The van der Waals surface area contributed by atoms with Crippen molar-refractivity contribution in [1.29, 1.82) is 0 Å². The summed E-state index contributed by atoms with van der Waals surface area (Å²) in [5, 5.41) is 10.00. The molecule has 15 heavy (non-hydrogen) atoms. The van der Waals surface area contributed by atoms with Gasteiger partial charge in [0, 0.05) is 4.70 Å². The third kappa shape index (κ3) is 1.93. The van der Waals surface area contributed by atoms with E-state index in [1.165, 1.54) is 18.2 Å². The van der Waals surface area contributed by atoms with Gasteiger partial charge in [-0.25, -0.2) is 0 Å². The van der Waals surface area contributed by atoms with Crippen molar-refractivity contribution >= 4 is 43.1 Å². The molecule has 1 aromatic heterocycles. The van der Waals surface area contributed by atoms with Crippen LogP contribution in [0.2, 0.25) is 5.02 Å². The summed E-state index contributed by atoms with van der Waals surface area (Å²) in [6, 6.07) is 4.11. The van der Waals surface area contributed by atoms with Crippen LogP contribution in [-0.4, -0.2) is 18.1 Å². The Kier molecular flexibility index (Phi) is 2.38. The fourth-order valence-electron chi connectivity index (χ4n) is 1.15. The highest BCUT2D eigenvalue weighted by Crippen LogP contribution is 2.35. The lowest BCUT2D eigenvalue weighted by Crippen LogP contribution is -1.92. The molecule has 0 atom stereocenters. The first-order valence-corrected chi connectivity index (χ1v) is 6.41. The van der Waals surface area contributed by atoms with Gasteiger partial charge in [0.2, 0.25) is 0 Å². The zero-order chi connectivity index (χ0) is 11.2. The molecule has 0 saturated heterocycles. The molecule has 1 heterocycles. The average molecular weight is 265 g/mol. The Labute approximate surface area is 94.5 Å². The molecule has 2 aromatic rings. The van der Waals surface area contributed by atoms with Gasteiger partial charge in [0.05, 0.1) is 5.02 Å². The van der Waals surface area contributed by atoms with E-state index in [0.29, 0.717) is 10.1 Å². The van der Waals surface area contributed by atoms with Gasteiger partial charge in [-0.2, -0.15) is 8.42 Å². The van der Waals surface area contributed by atoms with E-state index in [0.717, 1.165) is 11.3 Å². The molecule has 0 unspecified atom stereocenters. The molecule has 7 heteroatoms. The summed E-state index contributed by atoms with van der Waals surface area (Å²) in [6.07, 6.45) is 0. The Morgan fingerprint density at radius 3 is 2.53 bits per heavy atom. The first kappa shape index (κ1) is 10.7. The lowest BCUT2D eigenvalue weighted by atomic mass is 10.2. The molecule has 1 aromatic carbocycles. The summed E-state index contributed by atoms with van der Waals surface area (Å²) in [5.74, 6) is -0.118. The minimum absolute atomic E-state index is 0.118. The zero-order valence-electron chi connectivity index (χ0n) is 7.14. The fraction of sp³-hybridized carbons (Fsp3) is 0. The van der Waals surface area contributed by atoms with Gasteiger partial charge in [0.15, 0.2) is 0 Å². The number of thiophene rings is 1. The number of hydrogen-bond acceptors (Lipinski definition) is 4. The van der Waals surface area contributed by atoms with Crippen LogP contribution in [0.25, 0.3) is 10.1 Å². The molecule has 2 rings (SSSR count). The molecule has 4 nitrogen and oxygen atoms in total. The normalized spacial score (nSPS) is 12.1. The molecule has 0 saturated carbocycles. The molecule has 0 aliphatic rings. The number of phenols is 1. The summed E-state index contributed by atoms with van der Waals surface area (Å²) in [7, 11) is -4.20. The maximum absolute atomic E-state index is 10.8. The van der Waals surface area contributed by atoms with Gasteiger partial charge >= 0.3 is 10.1 Å². The van der Waals surface area contributed by atoms with Crippen LogP contribution in [0.3, 0.4) is 0 Å². The minimum atomic E-state index is -4.20. The second-order valence-electron chi connectivity index (χ2n) is 2.88. The minimum Gasteiger partial charge on any atom is -0.506 e. The number of benzene rings is 1. The Bertz CT molecular complexity index is 590. The van der Waals surface area contributed by atoms with Gasteiger partial charge in [-0.05, 0) is 23.6 Å². The molecule has 0 fully saturated rings. The Hall–Kier alpha value is -0.820. The smallest absolute Gasteiger partial charge is 0.304 e. The fourth-order valence-corrected chi connectivity index (χ4v) is 3.10. The van der Waals surface area contributed by atoms with Crippen molar-refractivity contribution < 1.29 is 18.1 Å². The maximum Gasteiger partial charge on any atom is 0.304 e. The van der Waals surface area contributed by atoms with Crippen LogP contribution in [0.15, 0.2) is 22.4 Å². The van der Waals surface area contributed by atoms with Crippen LogP contribution < -0.4 is 0 Å². The number of aromatic hydroxyl groups is 1. The highest BCUT2D eigenvalue weighted by molar-refractivity contribution is 7.88. The summed E-state index contributed by atoms with van der Waals surface area (Å²) >= 11 is 6.52. The quantitative estimate of drug-likeness (QED) is 0.776. The van der Waals surface area contributed by atoms with E-state index in [1.807, 2.05) is 0 Å². The Balaban J connectivity index is 2.77. The van der Waals surface area contributed by atoms with Gasteiger partial charge in [-0.1, -0.05) is 11.6 Å². The van der Waals surface area contributed by atoms with Crippen molar-refractivity contribution in [2.24, 2.45) is 0 Å². The highest BCUT2D eigenvalue weighted by Gasteiger charge is 2.14. The molecule has 0 aliphatic heterocycles. The summed E-state index contributed by atoms with van der Waals surface area (Å²) < 4.78 is 30.9. The molecule has 0 spiro atoms. The highest BCUT2D eigenvalue weighted by atomic mass is 35.5. The van der Waals surface area contributed by atoms with E-state index in [2.05, 4.69) is 0 Å². The van der Waals surface area contributed by atoms with Gasteiger partial charge in [0.1, 0.15) is 9.96 Å². The number of phenolic OH excluding ortho intramolecular Hbond substituents is 1. The standard InChI is InChI=1S/C8H5ClO4S2/c9-5-1-4-2-8(15(11,12)13)14-7(4)3-6(5)10/h1-3,10H,(H,11,12,13). The first-order valence-electron chi connectivity index (χ1n) is 3.77. The van der Waals surface area contributed by atoms with Crippen molar-refractivity contribution in [2.75, 3.05) is 0 Å². The van der Waals surface area contributed by atoms with Gasteiger partial charge in [0.25, 0.3) is 0 Å². The predicted octanol–water partition coefficient (Wildman–Crippen LogP) is 2.51. The molecule has 80 valence electrons. The topological polar surface area (TPSA) is 74.6 Å². The molecule has 0 radical (unpaired) electrons. The number of fused-ring (bicyclic) bond motifs is 1. The van der Waals surface area contributed by atoms with Gasteiger partial charge in [-0.15, -0.1) is 11.3 Å². The van der Waals surface area contributed by atoms with Gasteiger partial charge < -0.3 is 5.11 Å².